The van der Waals surface area contributed by atoms with Crippen LogP contribution in [0.15, 0.2) is 59.6 Å². The number of benzene rings is 2. The molecular weight excluding hydrogens is 341 g/mol. The van der Waals surface area contributed by atoms with Gasteiger partial charge in [-0.1, -0.05) is 42.5 Å². The molecule has 0 amide bonds. The SMILES string of the molecule is CN=C(NCC1CCCOC1c1ccccc1)N(C)Cc1ccc(F)cc1. The fourth-order valence-electron chi connectivity index (χ4n) is 3.61. The van der Waals surface area contributed by atoms with Crippen LogP contribution in [0.1, 0.15) is 30.1 Å². The largest absolute Gasteiger partial charge is 0.373 e. The molecule has 4 nitrogen and oxygen atoms in total. The van der Waals surface area contributed by atoms with Crippen LogP contribution in [0.3, 0.4) is 0 Å². The molecule has 2 unspecified atom stereocenters. The summed E-state index contributed by atoms with van der Waals surface area (Å²) >= 11 is 0. The lowest BCUT2D eigenvalue weighted by molar-refractivity contribution is -0.0266. The van der Waals surface area contributed by atoms with E-state index in [1.165, 1.54) is 17.7 Å². The lowest BCUT2D eigenvalue weighted by atomic mass is 9.89. The molecule has 5 heteroatoms. The monoisotopic (exact) mass is 369 g/mol. The van der Waals surface area contributed by atoms with E-state index < -0.39 is 0 Å². The zero-order valence-electron chi connectivity index (χ0n) is 16.1. The highest BCUT2D eigenvalue weighted by Crippen LogP contribution is 2.33. The van der Waals surface area contributed by atoms with Gasteiger partial charge in [0.05, 0.1) is 6.10 Å². The average Bonchev–Trinajstić information content (AvgIpc) is 2.71. The van der Waals surface area contributed by atoms with Gasteiger partial charge in [0.1, 0.15) is 5.82 Å². The van der Waals surface area contributed by atoms with Gasteiger partial charge in [0.2, 0.25) is 0 Å². The minimum atomic E-state index is -0.215. The van der Waals surface area contributed by atoms with Crippen LogP contribution in [0, 0.1) is 11.7 Å². The van der Waals surface area contributed by atoms with Gasteiger partial charge in [-0.25, -0.2) is 4.39 Å². The van der Waals surface area contributed by atoms with E-state index >= 15 is 0 Å². The first-order valence-corrected chi connectivity index (χ1v) is 9.50. The summed E-state index contributed by atoms with van der Waals surface area (Å²) in [5.74, 6) is 1.02. The molecule has 0 bridgehead atoms. The molecule has 0 aromatic heterocycles. The minimum absolute atomic E-state index is 0.118. The van der Waals surface area contributed by atoms with Crippen molar-refractivity contribution in [1.29, 1.82) is 0 Å². The predicted octanol–water partition coefficient (Wildman–Crippen LogP) is 4.00. The van der Waals surface area contributed by atoms with E-state index in [0.29, 0.717) is 12.5 Å². The summed E-state index contributed by atoms with van der Waals surface area (Å²) in [7, 11) is 3.78. The van der Waals surface area contributed by atoms with Gasteiger partial charge in [-0.15, -0.1) is 0 Å². The maximum absolute atomic E-state index is 13.1. The number of halogens is 1. The summed E-state index contributed by atoms with van der Waals surface area (Å²) in [4.78, 5) is 6.45. The number of rotatable bonds is 5. The molecule has 2 aromatic carbocycles. The van der Waals surface area contributed by atoms with Crippen LogP contribution in [-0.2, 0) is 11.3 Å². The van der Waals surface area contributed by atoms with E-state index in [9.17, 15) is 4.39 Å². The molecule has 144 valence electrons. The highest BCUT2D eigenvalue weighted by Gasteiger charge is 2.27. The van der Waals surface area contributed by atoms with Gasteiger partial charge in [-0.2, -0.15) is 0 Å². The van der Waals surface area contributed by atoms with E-state index in [1.54, 1.807) is 19.2 Å². The minimum Gasteiger partial charge on any atom is -0.373 e. The van der Waals surface area contributed by atoms with E-state index in [4.69, 9.17) is 4.74 Å². The molecule has 0 saturated carbocycles. The molecule has 2 atom stereocenters. The van der Waals surface area contributed by atoms with Crippen LogP contribution in [-0.4, -0.2) is 38.1 Å². The van der Waals surface area contributed by atoms with E-state index in [1.807, 2.05) is 13.1 Å². The Bertz CT molecular complexity index is 733. The summed E-state index contributed by atoms with van der Waals surface area (Å²) < 4.78 is 19.2. The molecule has 1 heterocycles. The van der Waals surface area contributed by atoms with Crippen LogP contribution in [0.5, 0.6) is 0 Å². The zero-order valence-corrected chi connectivity index (χ0v) is 16.1. The first-order valence-electron chi connectivity index (χ1n) is 9.50. The van der Waals surface area contributed by atoms with Crippen LogP contribution in [0.25, 0.3) is 0 Å². The van der Waals surface area contributed by atoms with Gasteiger partial charge < -0.3 is 15.0 Å². The average molecular weight is 369 g/mol. The van der Waals surface area contributed by atoms with Gasteiger partial charge in [0.25, 0.3) is 0 Å². The maximum atomic E-state index is 13.1. The van der Waals surface area contributed by atoms with Crippen molar-refractivity contribution in [3.8, 4) is 0 Å². The lowest BCUT2D eigenvalue weighted by Crippen LogP contribution is -2.42. The third kappa shape index (κ3) is 5.30. The second-order valence-corrected chi connectivity index (χ2v) is 7.02. The van der Waals surface area contributed by atoms with Crippen molar-refractivity contribution in [1.82, 2.24) is 10.2 Å². The first-order chi connectivity index (χ1) is 13.2. The molecule has 0 radical (unpaired) electrons. The Labute approximate surface area is 161 Å². The predicted molar refractivity (Wildman–Crippen MR) is 107 cm³/mol. The van der Waals surface area contributed by atoms with Gasteiger partial charge in [0.15, 0.2) is 5.96 Å². The quantitative estimate of drug-likeness (QED) is 0.639. The third-order valence-corrected chi connectivity index (χ3v) is 5.00. The molecule has 1 N–H and O–H groups in total. The maximum Gasteiger partial charge on any atom is 0.193 e. The van der Waals surface area contributed by atoms with E-state index in [2.05, 4.69) is 39.5 Å². The molecule has 1 saturated heterocycles. The number of guanidine groups is 1. The topological polar surface area (TPSA) is 36.9 Å². The number of nitrogens with one attached hydrogen (secondary N) is 1. The normalized spacial score (nSPS) is 20.3. The third-order valence-electron chi connectivity index (χ3n) is 5.00. The standard InChI is InChI=1S/C22H28FN3O/c1-24-22(26(2)16-17-10-12-20(23)13-11-17)25-15-19-9-6-14-27-21(19)18-7-4-3-5-8-18/h3-5,7-8,10-13,19,21H,6,9,14-16H2,1-2H3,(H,24,25). The highest BCUT2D eigenvalue weighted by molar-refractivity contribution is 5.79. The molecule has 1 aliphatic heterocycles. The summed E-state index contributed by atoms with van der Waals surface area (Å²) in [6.07, 6.45) is 2.33. The Morgan fingerprint density at radius 1 is 1.19 bits per heavy atom. The van der Waals surface area contributed by atoms with Gasteiger partial charge in [-0.05, 0) is 36.1 Å². The van der Waals surface area contributed by atoms with Crippen molar-refractivity contribution in [3.63, 3.8) is 0 Å². The Kier molecular flexibility index (Phi) is 6.82. The molecule has 27 heavy (non-hydrogen) atoms. The molecule has 2 aromatic rings. The fraction of sp³-hybridized carbons (Fsp3) is 0.409. The fourth-order valence-corrected chi connectivity index (χ4v) is 3.61. The highest BCUT2D eigenvalue weighted by atomic mass is 19.1. The summed E-state index contributed by atoms with van der Waals surface area (Å²) in [5.41, 5.74) is 2.28. The van der Waals surface area contributed by atoms with Crippen molar-refractivity contribution in [2.75, 3.05) is 27.2 Å². The summed E-state index contributed by atoms with van der Waals surface area (Å²) in [5, 5.41) is 3.49. The molecule has 1 aliphatic rings. The molecule has 0 aliphatic carbocycles. The zero-order chi connectivity index (χ0) is 19.1. The summed E-state index contributed by atoms with van der Waals surface area (Å²) in [6, 6.07) is 17.0. The van der Waals surface area contributed by atoms with Gasteiger partial charge in [0, 0.05) is 39.7 Å². The van der Waals surface area contributed by atoms with Crippen LogP contribution in [0.4, 0.5) is 4.39 Å². The van der Waals surface area contributed by atoms with Crippen LogP contribution in [0.2, 0.25) is 0 Å². The second kappa shape index (κ2) is 9.51. The Balaban J connectivity index is 1.59. The number of hydrogen-bond donors (Lipinski definition) is 1. The molecule has 3 rings (SSSR count). The van der Waals surface area contributed by atoms with E-state index in [0.717, 1.165) is 37.5 Å². The Hall–Kier alpha value is -2.40. The Morgan fingerprint density at radius 2 is 1.93 bits per heavy atom. The van der Waals surface area contributed by atoms with Gasteiger partial charge in [-0.3, -0.25) is 4.99 Å². The van der Waals surface area contributed by atoms with Crippen molar-refractivity contribution < 1.29 is 9.13 Å². The molecular formula is C22H28FN3O. The van der Waals surface area contributed by atoms with E-state index in [-0.39, 0.29) is 11.9 Å². The van der Waals surface area contributed by atoms with Crippen molar-refractivity contribution in [2.45, 2.75) is 25.5 Å². The molecule has 1 fully saturated rings. The van der Waals surface area contributed by atoms with Crippen molar-refractivity contribution >= 4 is 5.96 Å². The summed E-state index contributed by atoms with van der Waals surface area (Å²) in [6.45, 7) is 2.29. The van der Waals surface area contributed by atoms with Crippen molar-refractivity contribution in [3.05, 3.63) is 71.5 Å². The van der Waals surface area contributed by atoms with Crippen molar-refractivity contribution in [2.24, 2.45) is 10.9 Å². The first kappa shape index (κ1) is 19.4. The molecule has 0 spiro atoms. The van der Waals surface area contributed by atoms with Crippen LogP contribution < -0.4 is 5.32 Å². The number of hydrogen-bond acceptors (Lipinski definition) is 2. The number of nitrogens with zero attached hydrogens (tertiary/aromatic N) is 2. The number of ether oxygens (including phenoxy) is 1. The number of aliphatic imine (C=N–C) groups is 1. The van der Waals surface area contributed by atoms with Gasteiger partial charge >= 0.3 is 0 Å². The Morgan fingerprint density at radius 3 is 2.63 bits per heavy atom. The lowest BCUT2D eigenvalue weighted by Gasteiger charge is -2.33. The van der Waals surface area contributed by atoms with Crippen LogP contribution >= 0.6 is 0 Å². The second-order valence-electron chi connectivity index (χ2n) is 7.02. The smallest absolute Gasteiger partial charge is 0.193 e.